The summed E-state index contributed by atoms with van der Waals surface area (Å²) >= 11 is 0. The third-order valence-corrected chi connectivity index (χ3v) is 9.51. The summed E-state index contributed by atoms with van der Waals surface area (Å²) in [7, 11) is 0. The van der Waals surface area contributed by atoms with E-state index in [1.165, 1.54) is 45.3 Å². The molecule has 2 amide bonds. The predicted molar refractivity (Wildman–Crippen MR) is 176 cm³/mol. The molecule has 240 valence electrons. The van der Waals surface area contributed by atoms with Crippen LogP contribution >= 0.6 is 0 Å². The van der Waals surface area contributed by atoms with E-state index in [1.54, 1.807) is 0 Å². The summed E-state index contributed by atoms with van der Waals surface area (Å²) in [6.45, 7) is 8.65. The highest BCUT2D eigenvalue weighted by Crippen LogP contribution is 2.39. The van der Waals surface area contributed by atoms with Gasteiger partial charge in [-0.15, -0.1) is 0 Å². The Bertz CT molecular complexity index is 1380. The van der Waals surface area contributed by atoms with Crippen molar-refractivity contribution >= 4 is 6.03 Å². The number of hydrogen-bond donors (Lipinski definition) is 3. The molecule has 3 heterocycles. The molecule has 0 bridgehead atoms. The molecular formula is C37H48N4O4. The van der Waals surface area contributed by atoms with Gasteiger partial charge in [0.15, 0.2) is 6.29 Å². The average Bonchev–Trinajstić information content (AvgIpc) is 3.76. The van der Waals surface area contributed by atoms with Gasteiger partial charge >= 0.3 is 6.03 Å². The van der Waals surface area contributed by atoms with Crippen LogP contribution in [0.4, 0.5) is 4.79 Å². The zero-order chi connectivity index (χ0) is 31.0. The van der Waals surface area contributed by atoms with E-state index in [2.05, 4.69) is 69.0 Å². The SMILES string of the molecule is CCNC(=O)NCc1ccccc1-c1ccc([C@H]2O[C@@H](CN3CCC[C@H]3CN3CCCC3)C[C@@H](c3ccc(CO)cc3)O2)cc1. The molecule has 3 saturated heterocycles. The zero-order valence-electron chi connectivity index (χ0n) is 26.5. The van der Waals surface area contributed by atoms with Gasteiger partial charge in [0.1, 0.15) is 0 Å². The molecule has 0 aliphatic carbocycles. The summed E-state index contributed by atoms with van der Waals surface area (Å²) in [4.78, 5) is 17.3. The number of ether oxygens (including phenoxy) is 2. The number of nitrogens with zero attached hydrogens (tertiary/aromatic N) is 2. The maximum Gasteiger partial charge on any atom is 0.315 e. The molecule has 3 aromatic rings. The Morgan fingerprint density at radius 3 is 2.38 bits per heavy atom. The Balaban J connectivity index is 1.19. The van der Waals surface area contributed by atoms with Gasteiger partial charge in [0.2, 0.25) is 0 Å². The van der Waals surface area contributed by atoms with Crippen LogP contribution < -0.4 is 10.6 Å². The van der Waals surface area contributed by atoms with Crippen LogP contribution in [0.15, 0.2) is 72.8 Å². The van der Waals surface area contributed by atoms with E-state index in [-0.39, 0.29) is 24.8 Å². The first-order chi connectivity index (χ1) is 22.1. The van der Waals surface area contributed by atoms with Crippen molar-refractivity contribution in [2.24, 2.45) is 0 Å². The molecule has 0 radical (unpaired) electrons. The second kappa shape index (κ2) is 15.3. The smallest absolute Gasteiger partial charge is 0.315 e. The van der Waals surface area contributed by atoms with Gasteiger partial charge < -0.3 is 30.1 Å². The molecule has 0 aromatic heterocycles. The number of aliphatic hydroxyl groups excluding tert-OH is 1. The maximum atomic E-state index is 12.0. The highest BCUT2D eigenvalue weighted by molar-refractivity contribution is 5.74. The topological polar surface area (TPSA) is 86.3 Å². The fourth-order valence-electron chi connectivity index (χ4n) is 7.07. The number of rotatable bonds is 11. The van der Waals surface area contributed by atoms with E-state index >= 15 is 0 Å². The highest BCUT2D eigenvalue weighted by Gasteiger charge is 2.36. The molecule has 3 aliphatic rings. The minimum absolute atomic E-state index is 0.0327. The first kappa shape index (κ1) is 31.7. The van der Waals surface area contributed by atoms with Crippen molar-refractivity contribution in [2.75, 3.05) is 39.3 Å². The summed E-state index contributed by atoms with van der Waals surface area (Å²) in [5, 5.41) is 15.3. The number of hydrogen-bond acceptors (Lipinski definition) is 6. The number of benzene rings is 3. The molecule has 6 rings (SSSR count). The second-order valence-electron chi connectivity index (χ2n) is 12.6. The van der Waals surface area contributed by atoms with Gasteiger partial charge in [-0.1, -0.05) is 72.8 Å². The van der Waals surface area contributed by atoms with Crippen LogP contribution in [0.1, 0.15) is 73.7 Å². The van der Waals surface area contributed by atoms with E-state index in [0.29, 0.717) is 19.1 Å². The van der Waals surface area contributed by atoms with Crippen molar-refractivity contribution < 1.29 is 19.4 Å². The van der Waals surface area contributed by atoms with Gasteiger partial charge in [-0.05, 0) is 80.1 Å². The van der Waals surface area contributed by atoms with E-state index in [4.69, 9.17) is 9.47 Å². The number of aliphatic hydroxyl groups is 1. The Hall–Kier alpha value is -3.27. The first-order valence-electron chi connectivity index (χ1n) is 16.8. The van der Waals surface area contributed by atoms with Crippen molar-refractivity contribution in [2.45, 2.75) is 76.7 Å². The molecule has 0 unspecified atom stereocenters. The van der Waals surface area contributed by atoms with E-state index in [0.717, 1.165) is 52.9 Å². The molecular weight excluding hydrogens is 564 g/mol. The van der Waals surface area contributed by atoms with Crippen LogP contribution in [0.2, 0.25) is 0 Å². The Labute approximate surface area is 267 Å². The van der Waals surface area contributed by atoms with Crippen molar-refractivity contribution in [3.8, 4) is 11.1 Å². The molecule has 3 fully saturated rings. The van der Waals surface area contributed by atoms with Crippen molar-refractivity contribution in [3.63, 3.8) is 0 Å². The van der Waals surface area contributed by atoms with Gasteiger partial charge in [-0.2, -0.15) is 0 Å². The largest absolute Gasteiger partial charge is 0.392 e. The average molecular weight is 613 g/mol. The Kier molecular flexibility index (Phi) is 10.8. The number of likely N-dealkylation sites (tertiary alicyclic amines) is 2. The molecule has 8 heteroatoms. The van der Waals surface area contributed by atoms with Gasteiger partial charge in [0, 0.05) is 44.2 Å². The fourth-order valence-corrected chi connectivity index (χ4v) is 7.07. The lowest BCUT2D eigenvalue weighted by atomic mass is 9.97. The second-order valence-corrected chi connectivity index (χ2v) is 12.6. The van der Waals surface area contributed by atoms with Crippen LogP contribution in [-0.2, 0) is 22.6 Å². The van der Waals surface area contributed by atoms with E-state index in [1.807, 2.05) is 31.2 Å². The molecule has 3 N–H and O–H groups in total. The molecule has 4 atom stereocenters. The lowest BCUT2D eigenvalue weighted by Crippen LogP contribution is -2.45. The monoisotopic (exact) mass is 612 g/mol. The predicted octanol–water partition coefficient (Wildman–Crippen LogP) is 5.77. The van der Waals surface area contributed by atoms with Gasteiger partial charge in [-0.25, -0.2) is 4.79 Å². The molecule has 8 nitrogen and oxygen atoms in total. The number of carbonyl (C=O) groups excluding carboxylic acids is 1. The zero-order valence-corrected chi connectivity index (χ0v) is 26.5. The highest BCUT2D eigenvalue weighted by atomic mass is 16.7. The minimum atomic E-state index is -0.477. The Morgan fingerprint density at radius 2 is 1.62 bits per heavy atom. The molecule has 3 aliphatic heterocycles. The summed E-state index contributed by atoms with van der Waals surface area (Å²) in [6, 6.07) is 25.2. The standard InChI is InChI=1S/C37H48N4O4/c1-2-38-37(43)39-23-31-8-3-4-10-34(31)28-15-17-30(18-16-28)36-44-33(22-35(45-36)29-13-11-27(26-42)12-14-29)25-41-21-7-9-32(41)24-40-19-5-6-20-40/h3-4,8,10-18,32-33,35-36,42H,2,5-7,9,19-26H2,1H3,(H2,38,39,43)/t32-,33+,35-,36-/m0/s1. The minimum Gasteiger partial charge on any atom is -0.392 e. The van der Waals surface area contributed by atoms with Gasteiger partial charge in [-0.3, -0.25) is 4.90 Å². The van der Waals surface area contributed by atoms with Crippen LogP contribution in [0.3, 0.4) is 0 Å². The van der Waals surface area contributed by atoms with Crippen molar-refractivity contribution in [3.05, 3.63) is 95.1 Å². The molecule has 3 aromatic carbocycles. The quantitative estimate of drug-likeness (QED) is 0.255. The number of urea groups is 1. The normalized spacial score (nSPS) is 24.1. The van der Waals surface area contributed by atoms with E-state index in [9.17, 15) is 9.90 Å². The number of nitrogens with one attached hydrogen (secondary N) is 2. The van der Waals surface area contributed by atoms with E-state index < -0.39 is 6.29 Å². The fraction of sp³-hybridized carbons (Fsp3) is 0.486. The van der Waals surface area contributed by atoms with Gasteiger partial charge in [0.05, 0.1) is 18.8 Å². The maximum absolute atomic E-state index is 12.0. The molecule has 0 spiro atoms. The van der Waals surface area contributed by atoms with Crippen LogP contribution in [0.25, 0.3) is 11.1 Å². The van der Waals surface area contributed by atoms with Gasteiger partial charge in [0.25, 0.3) is 0 Å². The summed E-state index contributed by atoms with van der Waals surface area (Å²) in [6.07, 6.45) is 5.43. The third kappa shape index (κ3) is 8.12. The summed E-state index contributed by atoms with van der Waals surface area (Å²) < 4.78 is 13.4. The molecule has 0 saturated carbocycles. The van der Waals surface area contributed by atoms with Crippen LogP contribution in [-0.4, -0.2) is 72.4 Å². The summed E-state index contributed by atoms with van der Waals surface area (Å²) in [5.41, 5.74) is 6.24. The molecule has 45 heavy (non-hydrogen) atoms. The van der Waals surface area contributed by atoms with Crippen molar-refractivity contribution in [1.82, 2.24) is 20.4 Å². The van der Waals surface area contributed by atoms with Crippen LogP contribution in [0.5, 0.6) is 0 Å². The van der Waals surface area contributed by atoms with Crippen LogP contribution in [0, 0.1) is 0 Å². The lowest BCUT2D eigenvalue weighted by molar-refractivity contribution is -0.253. The Morgan fingerprint density at radius 1 is 0.867 bits per heavy atom. The van der Waals surface area contributed by atoms with Crippen molar-refractivity contribution in [1.29, 1.82) is 0 Å². The number of amides is 2. The summed E-state index contributed by atoms with van der Waals surface area (Å²) in [5.74, 6) is 0. The first-order valence-corrected chi connectivity index (χ1v) is 16.8. The number of carbonyl (C=O) groups is 1. The lowest BCUT2D eigenvalue weighted by Gasteiger charge is -2.39. The third-order valence-electron chi connectivity index (χ3n) is 9.51.